The minimum atomic E-state index is -4.87. The predicted octanol–water partition coefficient (Wildman–Crippen LogP) is 3.68. The highest BCUT2D eigenvalue weighted by molar-refractivity contribution is 5.97. The zero-order chi connectivity index (χ0) is 20.3. The Labute approximate surface area is 160 Å². The molecule has 0 spiro atoms. The van der Waals surface area contributed by atoms with Gasteiger partial charge in [-0.2, -0.15) is 0 Å². The molecule has 2 heterocycles. The molecule has 0 saturated carbocycles. The molecule has 1 aliphatic rings. The number of amides is 1. The van der Waals surface area contributed by atoms with Crippen LogP contribution in [0.25, 0.3) is 0 Å². The Morgan fingerprint density at radius 3 is 2.54 bits per heavy atom. The molecule has 150 valence electrons. The number of para-hydroxylation sites is 1. The first-order valence-corrected chi connectivity index (χ1v) is 8.84. The van der Waals surface area contributed by atoms with E-state index in [0.29, 0.717) is 19.4 Å². The molecule has 28 heavy (non-hydrogen) atoms. The predicted molar refractivity (Wildman–Crippen MR) is 94.2 cm³/mol. The zero-order valence-corrected chi connectivity index (χ0v) is 15.5. The summed E-state index contributed by atoms with van der Waals surface area (Å²) in [5.74, 6) is -1.05. The Kier molecular flexibility index (Phi) is 5.71. The van der Waals surface area contributed by atoms with E-state index in [1.807, 2.05) is 19.9 Å². The number of likely N-dealkylation sites (tertiary alicyclic amines) is 1. The van der Waals surface area contributed by atoms with Crippen LogP contribution >= 0.6 is 0 Å². The van der Waals surface area contributed by atoms with Gasteiger partial charge in [-0.25, -0.2) is 9.97 Å². The number of halogens is 3. The van der Waals surface area contributed by atoms with E-state index in [9.17, 15) is 18.0 Å². The van der Waals surface area contributed by atoms with Gasteiger partial charge in [0.2, 0.25) is 0 Å². The molecule has 1 aliphatic heterocycles. The quantitative estimate of drug-likeness (QED) is 0.790. The number of ether oxygens (including phenoxy) is 2. The molecule has 1 atom stereocenters. The molecule has 0 N–H and O–H groups in total. The zero-order valence-electron chi connectivity index (χ0n) is 15.5. The number of piperidine rings is 1. The molecule has 1 fully saturated rings. The largest absolute Gasteiger partial charge is 0.573 e. The fraction of sp³-hybridized carbons (Fsp3) is 0.421. The van der Waals surface area contributed by atoms with E-state index in [1.54, 1.807) is 0 Å². The Balaban J connectivity index is 1.73. The third kappa shape index (κ3) is 5.11. The number of benzene rings is 1. The number of alkyl halides is 3. The first-order chi connectivity index (χ1) is 13.2. The van der Waals surface area contributed by atoms with Crippen molar-refractivity contribution in [3.05, 3.63) is 47.3 Å². The van der Waals surface area contributed by atoms with E-state index in [2.05, 4.69) is 14.7 Å². The third-order valence-corrected chi connectivity index (χ3v) is 4.24. The lowest BCUT2D eigenvalue weighted by Crippen LogP contribution is -2.44. The maximum atomic E-state index is 12.8. The van der Waals surface area contributed by atoms with Crippen LogP contribution in [0.4, 0.5) is 13.2 Å². The van der Waals surface area contributed by atoms with Gasteiger partial charge in [-0.05, 0) is 44.9 Å². The van der Waals surface area contributed by atoms with Gasteiger partial charge in [0.15, 0.2) is 0 Å². The number of nitrogens with zero attached hydrogens (tertiary/aromatic N) is 3. The number of aromatic nitrogens is 2. The number of hydrogen-bond donors (Lipinski definition) is 0. The minimum absolute atomic E-state index is 0.136. The summed E-state index contributed by atoms with van der Waals surface area (Å²) in [5, 5.41) is 0. The number of carbonyl (C=O) groups excluding carboxylic acids is 1. The first-order valence-electron chi connectivity index (χ1n) is 8.84. The van der Waals surface area contributed by atoms with Crippen LogP contribution < -0.4 is 9.47 Å². The molecule has 1 unspecified atom stereocenters. The van der Waals surface area contributed by atoms with Crippen molar-refractivity contribution in [2.75, 3.05) is 13.1 Å². The number of rotatable bonds is 4. The Hall–Kier alpha value is -2.84. The fourth-order valence-electron chi connectivity index (χ4n) is 3.14. The second-order valence-electron chi connectivity index (χ2n) is 6.61. The maximum absolute atomic E-state index is 12.8. The van der Waals surface area contributed by atoms with Gasteiger partial charge in [-0.1, -0.05) is 12.1 Å². The van der Waals surface area contributed by atoms with Crippen molar-refractivity contribution in [3.8, 4) is 11.8 Å². The molecule has 0 bridgehead atoms. The molecule has 6 nitrogen and oxygen atoms in total. The van der Waals surface area contributed by atoms with Crippen molar-refractivity contribution in [1.82, 2.24) is 14.9 Å². The number of carbonyl (C=O) groups is 1. The molecule has 1 amide bonds. The fourth-order valence-corrected chi connectivity index (χ4v) is 3.14. The summed E-state index contributed by atoms with van der Waals surface area (Å²) in [6, 6.07) is 7.39. The van der Waals surface area contributed by atoms with Gasteiger partial charge in [0.1, 0.15) is 11.9 Å². The van der Waals surface area contributed by atoms with Gasteiger partial charge in [0, 0.05) is 17.9 Å². The average Bonchev–Trinajstić information content (AvgIpc) is 2.59. The van der Waals surface area contributed by atoms with Crippen LogP contribution in [0.3, 0.4) is 0 Å². The summed E-state index contributed by atoms with van der Waals surface area (Å²) < 4.78 is 47.7. The highest BCUT2D eigenvalue weighted by Crippen LogP contribution is 2.28. The summed E-state index contributed by atoms with van der Waals surface area (Å²) in [5.41, 5.74) is 1.40. The standard InChI is InChI=1S/C19H20F3N3O3/c1-12-10-13(2)24-18(23-12)27-14-6-5-9-25(11-14)17(26)15-7-3-4-8-16(15)28-19(20,21)22/h3-4,7-8,10,14H,5-6,9,11H2,1-2H3. The van der Waals surface area contributed by atoms with Gasteiger partial charge in [-0.15, -0.1) is 13.2 Å². The van der Waals surface area contributed by atoms with Crippen LogP contribution in [0.5, 0.6) is 11.8 Å². The van der Waals surface area contributed by atoms with E-state index in [1.165, 1.54) is 23.1 Å². The summed E-state index contributed by atoms with van der Waals surface area (Å²) in [4.78, 5) is 22.7. The van der Waals surface area contributed by atoms with Gasteiger partial charge >= 0.3 is 12.4 Å². The SMILES string of the molecule is Cc1cc(C)nc(OC2CCCN(C(=O)c3ccccc3OC(F)(F)F)C2)n1. The molecule has 3 rings (SSSR count). The van der Waals surface area contributed by atoms with E-state index in [4.69, 9.17) is 4.74 Å². The van der Waals surface area contributed by atoms with Crippen molar-refractivity contribution < 1.29 is 27.4 Å². The topological polar surface area (TPSA) is 64.5 Å². The molecule has 0 aliphatic carbocycles. The van der Waals surface area contributed by atoms with Crippen molar-refractivity contribution in [1.29, 1.82) is 0 Å². The molecule has 9 heteroatoms. The normalized spacial score (nSPS) is 17.3. The highest BCUT2D eigenvalue weighted by Gasteiger charge is 2.34. The van der Waals surface area contributed by atoms with Gasteiger partial charge < -0.3 is 14.4 Å². The molecule has 1 aromatic heterocycles. The lowest BCUT2D eigenvalue weighted by Gasteiger charge is -2.32. The minimum Gasteiger partial charge on any atom is -0.458 e. The Bertz CT molecular complexity index is 838. The first kappa shape index (κ1) is 19.9. The van der Waals surface area contributed by atoms with Crippen molar-refractivity contribution in [2.24, 2.45) is 0 Å². The summed E-state index contributed by atoms with van der Waals surface area (Å²) in [6.45, 7) is 4.31. The smallest absolute Gasteiger partial charge is 0.458 e. The molecular formula is C19H20F3N3O3. The van der Waals surface area contributed by atoms with Crippen LogP contribution in [0.1, 0.15) is 34.6 Å². The van der Waals surface area contributed by atoms with Gasteiger partial charge in [-0.3, -0.25) is 4.79 Å². The van der Waals surface area contributed by atoms with Gasteiger partial charge in [0.25, 0.3) is 5.91 Å². The highest BCUT2D eigenvalue weighted by atomic mass is 19.4. The van der Waals surface area contributed by atoms with Crippen LogP contribution in [0.15, 0.2) is 30.3 Å². The van der Waals surface area contributed by atoms with E-state index < -0.39 is 18.0 Å². The van der Waals surface area contributed by atoms with E-state index in [0.717, 1.165) is 17.5 Å². The second kappa shape index (κ2) is 8.04. The lowest BCUT2D eigenvalue weighted by molar-refractivity contribution is -0.274. The van der Waals surface area contributed by atoms with Gasteiger partial charge in [0.05, 0.1) is 12.1 Å². The summed E-state index contributed by atoms with van der Waals surface area (Å²) in [7, 11) is 0. The molecule has 1 saturated heterocycles. The van der Waals surface area contributed by atoms with Crippen molar-refractivity contribution >= 4 is 5.91 Å². The molecule has 1 aromatic carbocycles. The lowest BCUT2D eigenvalue weighted by atomic mass is 10.1. The number of aryl methyl sites for hydroxylation is 2. The van der Waals surface area contributed by atoms with Crippen LogP contribution in [0.2, 0.25) is 0 Å². The van der Waals surface area contributed by atoms with Crippen LogP contribution in [-0.2, 0) is 0 Å². The Morgan fingerprint density at radius 2 is 1.86 bits per heavy atom. The van der Waals surface area contributed by atoms with Crippen molar-refractivity contribution in [2.45, 2.75) is 39.2 Å². The van der Waals surface area contributed by atoms with E-state index in [-0.39, 0.29) is 24.2 Å². The monoisotopic (exact) mass is 395 g/mol. The average molecular weight is 395 g/mol. The maximum Gasteiger partial charge on any atom is 0.573 e. The molecule has 2 aromatic rings. The van der Waals surface area contributed by atoms with Crippen molar-refractivity contribution in [3.63, 3.8) is 0 Å². The molecule has 0 radical (unpaired) electrons. The van der Waals surface area contributed by atoms with E-state index >= 15 is 0 Å². The van der Waals surface area contributed by atoms with Crippen LogP contribution in [-0.4, -0.2) is 46.3 Å². The Morgan fingerprint density at radius 1 is 1.18 bits per heavy atom. The number of hydrogen-bond acceptors (Lipinski definition) is 5. The van der Waals surface area contributed by atoms with Crippen LogP contribution in [0, 0.1) is 13.8 Å². The second-order valence-corrected chi connectivity index (χ2v) is 6.61. The molecular weight excluding hydrogens is 375 g/mol. The summed E-state index contributed by atoms with van der Waals surface area (Å²) in [6.07, 6.45) is -3.86. The third-order valence-electron chi connectivity index (χ3n) is 4.24. The summed E-state index contributed by atoms with van der Waals surface area (Å²) >= 11 is 0.